The smallest absolute Gasteiger partial charge is 0.159 e. The molecule has 0 aromatic heterocycles. The molecule has 0 bridgehead atoms. The summed E-state index contributed by atoms with van der Waals surface area (Å²) in [5.74, 6) is 0.0273. The number of hydrogen-bond acceptors (Lipinski definition) is 2. The summed E-state index contributed by atoms with van der Waals surface area (Å²) in [5.41, 5.74) is 6.86. The molecule has 2 nitrogen and oxygen atoms in total. The Balaban J connectivity index is 1.61. The molecule has 2 N–H and O–H groups in total. The molecule has 110 valence electrons. The van der Waals surface area contributed by atoms with Crippen molar-refractivity contribution in [3.8, 4) is 0 Å². The molecule has 0 spiro atoms. The summed E-state index contributed by atoms with van der Waals surface area (Å²) in [5, 5.41) is 0. The van der Waals surface area contributed by atoms with Crippen molar-refractivity contribution in [2.45, 2.75) is 31.7 Å². The van der Waals surface area contributed by atoms with Crippen LogP contribution in [0.1, 0.15) is 37.3 Å². The van der Waals surface area contributed by atoms with E-state index in [1.807, 2.05) is 0 Å². The second-order valence-electron chi connectivity index (χ2n) is 6.39. The first-order valence-corrected chi connectivity index (χ1v) is 7.54. The van der Waals surface area contributed by atoms with Gasteiger partial charge in [-0.05, 0) is 55.2 Å². The summed E-state index contributed by atoms with van der Waals surface area (Å²) in [6.07, 6.45) is 5.28. The normalized spacial score (nSPS) is 20.4. The van der Waals surface area contributed by atoms with Crippen LogP contribution in [-0.2, 0) is 0 Å². The van der Waals surface area contributed by atoms with Crippen molar-refractivity contribution in [1.29, 1.82) is 0 Å². The fourth-order valence-electron chi connectivity index (χ4n) is 2.68. The highest BCUT2D eigenvalue weighted by Gasteiger charge is 2.30. The number of rotatable bonds is 7. The molecule has 2 fully saturated rings. The topological polar surface area (TPSA) is 29.3 Å². The molecule has 1 unspecified atom stereocenters. The fourth-order valence-corrected chi connectivity index (χ4v) is 2.68. The third kappa shape index (κ3) is 3.76. The maximum absolute atomic E-state index is 13.3. The van der Waals surface area contributed by atoms with Gasteiger partial charge < -0.3 is 10.6 Å². The van der Waals surface area contributed by atoms with Crippen LogP contribution in [0.3, 0.4) is 0 Å². The Bertz CT molecular complexity index is 456. The maximum Gasteiger partial charge on any atom is 0.159 e. The average molecular weight is 280 g/mol. The van der Waals surface area contributed by atoms with Crippen molar-refractivity contribution in [1.82, 2.24) is 4.90 Å². The molecule has 2 aliphatic rings. The molecule has 20 heavy (non-hydrogen) atoms. The predicted octanol–water partition coefficient (Wildman–Crippen LogP) is 3.09. The Morgan fingerprint density at radius 1 is 1.05 bits per heavy atom. The Morgan fingerprint density at radius 3 is 2.15 bits per heavy atom. The zero-order valence-corrected chi connectivity index (χ0v) is 11.7. The van der Waals surface area contributed by atoms with Gasteiger partial charge in [-0.3, -0.25) is 0 Å². The minimum Gasteiger partial charge on any atom is -0.323 e. The molecule has 4 heteroatoms. The van der Waals surface area contributed by atoms with Gasteiger partial charge in [0.2, 0.25) is 0 Å². The van der Waals surface area contributed by atoms with Crippen LogP contribution < -0.4 is 5.73 Å². The van der Waals surface area contributed by atoms with E-state index in [9.17, 15) is 8.78 Å². The van der Waals surface area contributed by atoms with Gasteiger partial charge in [-0.15, -0.1) is 0 Å². The van der Waals surface area contributed by atoms with Crippen molar-refractivity contribution in [2.75, 3.05) is 19.6 Å². The molecule has 0 amide bonds. The summed E-state index contributed by atoms with van der Waals surface area (Å²) >= 11 is 0. The van der Waals surface area contributed by atoms with E-state index >= 15 is 0 Å². The number of benzene rings is 1. The van der Waals surface area contributed by atoms with Gasteiger partial charge in [-0.2, -0.15) is 0 Å². The summed E-state index contributed by atoms with van der Waals surface area (Å²) < 4.78 is 26.2. The van der Waals surface area contributed by atoms with Crippen LogP contribution in [0.2, 0.25) is 0 Å². The number of hydrogen-bond donors (Lipinski definition) is 1. The first-order chi connectivity index (χ1) is 9.61. The van der Waals surface area contributed by atoms with Gasteiger partial charge in [0.05, 0.1) is 0 Å². The highest BCUT2D eigenvalue weighted by Crippen LogP contribution is 2.34. The van der Waals surface area contributed by atoms with Crippen molar-refractivity contribution < 1.29 is 8.78 Å². The van der Waals surface area contributed by atoms with Gasteiger partial charge in [0, 0.05) is 25.7 Å². The third-order valence-corrected chi connectivity index (χ3v) is 4.25. The Morgan fingerprint density at radius 2 is 1.65 bits per heavy atom. The molecular weight excluding hydrogens is 258 g/mol. The van der Waals surface area contributed by atoms with E-state index in [4.69, 9.17) is 5.73 Å². The molecule has 0 heterocycles. The fraction of sp³-hybridized carbons (Fsp3) is 0.625. The van der Waals surface area contributed by atoms with Gasteiger partial charge in [0.25, 0.3) is 0 Å². The highest BCUT2D eigenvalue weighted by molar-refractivity contribution is 5.21. The predicted molar refractivity (Wildman–Crippen MR) is 75.2 cm³/mol. The first-order valence-electron chi connectivity index (χ1n) is 7.54. The van der Waals surface area contributed by atoms with E-state index in [-0.39, 0.29) is 6.04 Å². The van der Waals surface area contributed by atoms with E-state index in [1.54, 1.807) is 6.07 Å². The molecule has 2 aliphatic carbocycles. The van der Waals surface area contributed by atoms with Crippen molar-refractivity contribution in [3.05, 3.63) is 35.4 Å². The number of halogens is 2. The molecule has 0 saturated heterocycles. The second kappa shape index (κ2) is 5.78. The Kier molecular flexibility index (Phi) is 4.03. The van der Waals surface area contributed by atoms with E-state index in [0.717, 1.165) is 37.5 Å². The van der Waals surface area contributed by atoms with Gasteiger partial charge in [-0.25, -0.2) is 8.78 Å². The molecule has 1 aromatic rings. The van der Waals surface area contributed by atoms with Crippen LogP contribution in [-0.4, -0.2) is 24.5 Å². The molecule has 1 aromatic carbocycles. The van der Waals surface area contributed by atoms with Gasteiger partial charge >= 0.3 is 0 Å². The quantitative estimate of drug-likeness (QED) is 0.831. The van der Waals surface area contributed by atoms with Gasteiger partial charge in [0.15, 0.2) is 11.6 Å². The van der Waals surface area contributed by atoms with Crippen molar-refractivity contribution in [3.63, 3.8) is 0 Å². The zero-order valence-electron chi connectivity index (χ0n) is 11.7. The van der Waals surface area contributed by atoms with Crippen LogP contribution >= 0.6 is 0 Å². The second-order valence-corrected chi connectivity index (χ2v) is 6.39. The Labute approximate surface area is 118 Å². The summed E-state index contributed by atoms with van der Waals surface area (Å²) in [4.78, 5) is 2.42. The van der Waals surface area contributed by atoms with Crippen LogP contribution in [0.15, 0.2) is 18.2 Å². The standard InChI is InChI=1S/C16H22F2N2/c17-14-6-5-13(7-15(14)18)16(19)10-20(8-11-1-2-11)9-12-3-4-12/h5-7,11-12,16H,1-4,8-10,19H2. The lowest BCUT2D eigenvalue weighted by molar-refractivity contribution is 0.238. The van der Waals surface area contributed by atoms with E-state index in [0.29, 0.717) is 5.56 Å². The first kappa shape index (κ1) is 14.0. The largest absolute Gasteiger partial charge is 0.323 e. The Hall–Kier alpha value is -1.00. The van der Waals surface area contributed by atoms with E-state index < -0.39 is 11.6 Å². The monoisotopic (exact) mass is 280 g/mol. The summed E-state index contributed by atoms with van der Waals surface area (Å²) in [6, 6.07) is 3.74. The molecule has 0 radical (unpaired) electrons. The molecule has 2 saturated carbocycles. The van der Waals surface area contributed by atoms with E-state index in [2.05, 4.69) is 4.90 Å². The molecule has 3 rings (SSSR count). The zero-order chi connectivity index (χ0) is 14.1. The number of nitrogens with zero attached hydrogens (tertiary/aromatic N) is 1. The number of nitrogens with two attached hydrogens (primary N) is 1. The van der Waals surface area contributed by atoms with Gasteiger partial charge in [-0.1, -0.05) is 6.07 Å². The lowest BCUT2D eigenvalue weighted by Gasteiger charge is -2.26. The SMILES string of the molecule is NC(CN(CC1CC1)CC1CC1)c1ccc(F)c(F)c1. The summed E-state index contributed by atoms with van der Waals surface area (Å²) in [6.45, 7) is 2.94. The average Bonchev–Trinajstić information content (AvgIpc) is 3.28. The minimum absolute atomic E-state index is 0.248. The van der Waals surface area contributed by atoms with Crippen LogP contribution in [0, 0.1) is 23.5 Å². The van der Waals surface area contributed by atoms with Crippen LogP contribution in [0.4, 0.5) is 8.78 Å². The summed E-state index contributed by atoms with van der Waals surface area (Å²) in [7, 11) is 0. The minimum atomic E-state index is -0.811. The maximum atomic E-state index is 13.3. The van der Waals surface area contributed by atoms with Crippen molar-refractivity contribution in [2.24, 2.45) is 17.6 Å². The lowest BCUT2D eigenvalue weighted by atomic mass is 10.1. The van der Waals surface area contributed by atoms with Gasteiger partial charge in [0.1, 0.15) is 0 Å². The van der Waals surface area contributed by atoms with Crippen molar-refractivity contribution >= 4 is 0 Å². The highest BCUT2D eigenvalue weighted by atomic mass is 19.2. The molecule has 1 atom stereocenters. The van der Waals surface area contributed by atoms with Crippen LogP contribution in [0.25, 0.3) is 0 Å². The van der Waals surface area contributed by atoms with E-state index in [1.165, 1.54) is 31.7 Å². The van der Waals surface area contributed by atoms with Crippen LogP contribution in [0.5, 0.6) is 0 Å². The lowest BCUT2D eigenvalue weighted by Crippen LogP contribution is -2.35. The molecule has 0 aliphatic heterocycles. The molecular formula is C16H22F2N2. The third-order valence-electron chi connectivity index (χ3n) is 4.25.